The summed E-state index contributed by atoms with van der Waals surface area (Å²) in [7, 11) is 0. The van der Waals surface area contributed by atoms with Crippen molar-refractivity contribution < 1.29 is 18.1 Å². The van der Waals surface area contributed by atoms with Gasteiger partial charge in [0.1, 0.15) is 18.1 Å². The molecule has 2 aromatic rings. The number of ether oxygens (including phenoxy) is 1. The minimum Gasteiger partial charge on any atom is -0.469 e. The average molecular weight is 384 g/mol. The topological polar surface area (TPSA) is 48.7 Å². The van der Waals surface area contributed by atoms with Gasteiger partial charge in [-0.2, -0.15) is 0 Å². The van der Waals surface area contributed by atoms with Gasteiger partial charge in [0, 0.05) is 30.1 Å². The zero-order valence-corrected chi connectivity index (χ0v) is 16.5. The van der Waals surface area contributed by atoms with Gasteiger partial charge in [-0.25, -0.2) is 0 Å². The standard InChI is InChI=1S/C22H24O4S/c1-22(2)19(12-17-8-9-27-26-17)20(22)21(23)25-14-16-11-18(24-13-16)10-15-6-4-3-5-7-15/h3-7,11-13,19-20H,8-10,14H2,1-2H3/b17-12+/t19-,20-/m0/s1. The van der Waals surface area contributed by atoms with E-state index in [0.29, 0.717) is 0 Å². The van der Waals surface area contributed by atoms with Gasteiger partial charge in [-0.05, 0) is 23.1 Å². The Morgan fingerprint density at radius 1 is 1.30 bits per heavy atom. The fourth-order valence-corrected chi connectivity index (χ4v) is 4.35. The predicted molar refractivity (Wildman–Crippen MR) is 105 cm³/mol. The van der Waals surface area contributed by atoms with Crippen LogP contribution in [-0.2, 0) is 26.7 Å². The third kappa shape index (κ3) is 4.08. The number of hydrogen-bond donors (Lipinski definition) is 0. The molecule has 1 aliphatic heterocycles. The molecule has 27 heavy (non-hydrogen) atoms. The van der Waals surface area contributed by atoms with Crippen molar-refractivity contribution in [2.45, 2.75) is 33.3 Å². The quantitative estimate of drug-likeness (QED) is 0.510. The molecule has 1 saturated carbocycles. The van der Waals surface area contributed by atoms with Gasteiger partial charge in [-0.15, -0.1) is 0 Å². The highest BCUT2D eigenvalue weighted by atomic mass is 32.2. The second kappa shape index (κ2) is 7.47. The Bertz CT molecular complexity index is 829. The van der Waals surface area contributed by atoms with Crippen molar-refractivity contribution in [2.24, 2.45) is 17.3 Å². The van der Waals surface area contributed by atoms with Crippen molar-refractivity contribution in [2.75, 3.05) is 5.75 Å². The minimum absolute atomic E-state index is 0.0738. The van der Waals surface area contributed by atoms with E-state index >= 15 is 0 Å². The molecule has 1 aromatic carbocycles. The zero-order valence-electron chi connectivity index (χ0n) is 15.6. The summed E-state index contributed by atoms with van der Waals surface area (Å²) in [5, 5.41) is 0. The van der Waals surface area contributed by atoms with Crippen molar-refractivity contribution >= 4 is 18.0 Å². The molecule has 2 aliphatic rings. The van der Waals surface area contributed by atoms with E-state index in [4.69, 9.17) is 13.3 Å². The van der Waals surface area contributed by atoms with Crippen molar-refractivity contribution in [3.63, 3.8) is 0 Å². The van der Waals surface area contributed by atoms with Crippen molar-refractivity contribution in [1.82, 2.24) is 0 Å². The van der Waals surface area contributed by atoms with E-state index in [9.17, 15) is 4.79 Å². The molecule has 0 bridgehead atoms. The molecule has 1 aliphatic carbocycles. The molecule has 4 rings (SSSR count). The molecule has 1 saturated heterocycles. The number of allylic oxidation sites excluding steroid dienone is 2. The first-order valence-corrected chi connectivity index (χ1v) is 10.2. The van der Waals surface area contributed by atoms with Crippen molar-refractivity contribution in [3.05, 3.63) is 71.4 Å². The third-order valence-corrected chi connectivity index (χ3v) is 6.14. The first-order chi connectivity index (χ1) is 13.0. The number of carbonyl (C=O) groups is 1. The summed E-state index contributed by atoms with van der Waals surface area (Å²) in [5.74, 6) is 2.80. The molecule has 0 spiro atoms. The molecule has 2 heterocycles. The van der Waals surface area contributed by atoms with E-state index < -0.39 is 0 Å². The molecular weight excluding hydrogens is 360 g/mol. The first kappa shape index (κ1) is 18.2. The van der Waals surface area contributed by atoms with Crippen LogP contribution in [0.25, 0.3) is 0 Å². The van der Waals surface area contributed by atoms with Gasteiger partial charge < -0.3 is 13.3 Å². The molecule has 4 nitrogen and oxygen atoms in total. The highest BCUT2D eigenvalue weighted by Crippen LogP contribution is 2.60. The summed E-state index contributed by atoms with van der Waals surface area (Å²) >= 11 is 1.48. The molecule has 1 aromatic heterocycles. The van der Waals surface area contributed by atoms with Gasteiger partial charge in [0.05, 0.1) is 24.2 Å². The summed E-state index contributed by atoms with van der Waals surface area (Å²) in [4.78, 5) is 12.5. The van der Waals surface area contributed by atoms with E-state index in [1.807, 2.05) is 24.3 Å². The summed E-state index contributed by atoms with van der Waals surface area (Å²) in [6.45, 7) is 4.47. The summed E-state index contributed by atoms with van der Waals surface area (Å²) in [6.07, 6.45) is 5.46. The monoisotopic (exact) mass is 384 g/mol. The molecule has 2 atom stereocenters. The van der Waals surface area contributed by atoms with Gasteiger partial charge in [-0.3, -0.25) is 4.79 Å². The number of esters is 1. The minimum atomic E-state index is -0.140. The Morgan fingerprint density at radius 2 is 2.11 bits per heavy atom. The SMILES string of the molecule is CC1(C)[C@H](C(=O)OCc2coc(Cc3ccccc3)c2)[C@@H]1/C=C1\CCSO1. The summed E-state index contributed by atoms with van der Waals surface area (Å²) in [5.41, 5.74) is 2.01. The smallest absolute Gasteiger partial charge is 0.310 e. The maximum atomic E-state index is 12.5. The van der Waals surface area contributed by atoms with Crippen LogP contribution in [-0.4, -0.2) is 11.7 Å². The van der Waals surface area contributed by atoms with E-state index in [1.165, 1.54) is 17.6 Å². The molecule has 0 unspecified atom stereocenters. The lowest BCUT2D eigenvalue weighted by Gasteiger charge is -2.03. The van der Waals surface area contributed by atoms with Gasteiger partial charge >= 0.3 is 5.97 Å². The number of benzene rings is 1. The summed E-state index contributed by atoms with van der Waals surface area (Å²) in [6, 6.07) is 12.1. The fraction of sp³-hybridized carbons (Fsp3) is 0.409. The van der Waals surface area contributed by atoms with E-state index in [0.717, 1.165) is 35.7 Å². The number of hydrogen-bond acceptors (Lipinski definition) is 5. The average Bonchev–Trinajstić information content (AvgIpc) is 3.10. The molecule has 0 N–H and O–H groups in total. The second-order valence-corrected chi connectivity index (χ2v) is 8.62. The molecule has 0 amide bonds. The Hall–Kier alpha value is -2.14. The Kier molecular flexibility index (Phi) is 5.04. The van der Waals surface area contributed by atoms with E-state index in [2.05, 4.69) is 32.1 Å². The fourth-order valence-electron chi connectivity index (χ4n) is 3.69. The Labute approximate surface area is 164 Å². The lowest BCUT2D eigenvalue weighted by molar-refractivity contribution is -0.147. The normalized spacial score (nSPS) is 24.6. The predicted octanol–water partition coefficient (Wildman–Crippen LogP) is 5.14. The van der Waals surface area contributed by atoms with Crippen LogP contribution in [0.1, 0.15) is 37.2 Å². The molecular formula is C22H24O4S. The molecule has 5 heteroatoms. The zero-order chi connectivity index (χ0) is 18.9. The maximum Gasteiger partial charge on any atom is 0.310 e. The van der Waals surface area contributed by atoms with Crippen LogP contribution in [0.15, 0.2) is 58.9 Å². The number of rotatable bonds is 6. The Balaban J connectivity index is 1.31. The largest absolute Gasteiger partial charge is 0.469 e. The third-order valence-electron chi connectivity index (χ3n) is 5.44. The van der Waals surface area contributed by atoms with Crippen LogP contribution in [0.5, 0.6) is 0 Å². The van der Waals surface area contributed by atoms with Crippen LogP contribution in [0.4, 0.5) is 0 Å². The van der Waals surface area contributed by atoms with E-state index in [-0.39, 0.29) is 29.8 Å². The maximum absolute atomic E-state index is 12.5. The number of furan rings is 1. The van der Waals surface area contributed by atoms with Gasteiger partial charge in [-0.1, -0.05) is 44.2 Å². The van der Waals surface area contributed by atoms with Crippen LogP contribution in [0.3, 0.4) is 0 Å². The van der Waals surface area contributed by atoms with Crippen LogP contribution >= 0.6 is 12.0 Å². The van der Waals surface area contributed by atoms with Gasteiger partial charge in [0.25, 0.3) is 0 Å². The number of carbonyl (C=O) groups excluding carboxylic acids is 1. The molecule has 142 valence electrons. The molecule has 2 fully saturated rings. The van der Waals surface area contributed by atoms with Crippen molar-refractivity contribution in [1.29, 1.82) is 0 Å². The van der Waals surface area contributed by atoms with Crippen LogP contribution < -0.4 is 0 Å². The van der Waals surface area contributed by atoms with Crippen LogP contribution in [0.2, 0.25) is 0 Å². The van der Waals surface area contributed by atoms with Gasteiger partial charge in [0.2, 0.25) is 0 Å². The lowest BCUT2D eigenvalue weighted by atomic mass is 10.1. The molecule has 0 radical (unpaired) electrons. The van der Waals surface area contributed by atoms with Crippen molar-refractivity contribution in [3.8, 4) is 0 Å². The highest BCUT2D eigenvalue weighted by molar-refractivity contribution is 7.95. The van der Waals surface area contributed by atoms with Gasteiger partial charge in [0.15, 0.2) is 0 Å². The lowest BCUT2D eigenvalue weighted by Crippen LogP contribution is -2.10. The summed E-state index contributed by atoms with van der Waals surface area (Å²) < 4.78 is 16.7. The first-order valence-electron chi connectivity index (χ1n) is 9.31. The van der Waals surface area contributed by atoms with E-state index in [1.54, 1.807) is 6.26 Å². The van der Waals surface area contributed by atoms with Crippen LogP contribution in [0, 0.1) is 17.3 Å². The highest BCUT2D eigenvalue weighted by Gasteiger charge is 2.61. The Morgan fingerprint density at radius 3 is 2.85 bits per heavy atom. The second-order valence-electron chi connectivity index (χ2n) is 7.80.